The molecule has 0 atom stereocenters. The molecule has 0 unspecified atom stereocenters. The van der Waals surface area contributed by atoms with Gasteiger partial charge in [0, 0.05) is 25.0 Å². The molecular formula is C20H24Cl2N2O2. The van der Waals surface area contributed by atoms with Crippen LogP contribution in [0.4, 0.5) is 4.79 Å². The molecule has 1 aliphatic rings. The van der Waals surface area contributed by atoms with E-state index in [1.807, 2.05) is 39.0 Å². The van der Waals surface area contributed by atoms with E-state index in [-0.39, 0.29) is 0 Å². The number of nitrogens with zero attached hydrogens (tertiary/aromatic N) is 1. The number of halogens is 2. The molecule has 6 heteroatoms. The lowest BCUT2D eigenvalue weighted by molar-refractivity contribution is 0.0523. The summed E-state index contributed by atoms with van der Waals surface area (Å²) in [7, 11) is 0. The van der Waals surface area contributed by atoms with E-state index in [0.717, 1.165) is 17.7 Å². The van der Waals surface area contributed by atoms with Gasteiger partial charge in [-0.3, -0.25) is 0 Å². The maximum absolute atomic E-state index is 11.9. The zero-order chi connectivity index (χ0) is 18.9. The predicted octanol–water partition coefficient (Wildman–Crippen LogP) is 5.75. The van der Waals surface area contributed by atoms with E-state index in [4.69, 9.17) is 27.9 Å². The number of ether oxygens (including phenoxy) is 1. The molecule has 1 aliphatic carbocycles. The van der Waals surface area contributed by atoms with Crippen LogP contribution in [-0.4, -0.2) is 16.3 Å². The fourth-order valence-corrected chi connectivity index (χ4v) is 3.19. The highest BCUT2D eigenvalue weighted by Gasteiger charge is 2.27. The maximum atomic E-state index is 11.9. The molecule has 0 bridgehead atoms. The number of alkyl carbamates (subject to hydrolysis) is 1. The Bertz CT molecular complexity index is 805. The van der Waals surface area contributed by atoms with Crippen LogP contribution >= 0.6 is 23.2 Å². The normalized spacial score (nSPS) is 14.3. The molecule has 1 N–H and O–H groups in total. The van der Waals surface area contributed by atoms with Gasteiger partial charge >= 0.3 is 6.09 Å². The summed E-state index contributed by atoms with van der Waals surface area (Å²) in [5.74, 6) is 0.605. The Labute approximate surface area is 164 Å². The fraction of sp³-hybridized carbons (Fsp3) is 0.450. The van der Waals surface area contributed by atoms with Crippen molar-refractivity contribution < 1.29 is 9.53 Å². The molecule has 0 saturated heterocycles. The van der Waals surface area contributed by atoms with Gasteiger partial charge in [0.2, 0.25) is 0 Å². The smallest absolute Gasteiger partial charge is 0.407 e. The highest BCUT2D eigenvalue weighted by Crippen LogP contribution is 2.41. The Morgan fingerprint density at radius 1 is 1.19 bits per heavy atom. The number of benzene rings is 1. The van der Waals surface area contributed by atoms with E-state index < -0.39 is 11.7 Å². The molecular weight excluding hydrogens is 371 g/mol. The summed E-state index contributed by atoms with van der Waals surface area (Å²) in [5.41, 5.74) is 2.97. The lowest BCUT2D eigenvalue weighted by Crippen LogP contribution is -2.32. The van der Waals surface area contributed by atoms with E-state index in [1.165, 1.54) is 18.5 Å². The third kappa shape index (κ3) is 5.18. The van der Waals surface area contributed by atoms with Crippen LogP contribution in [0.15, 0.2) is 30.5 Å². The van der Waals surface area contributed by atoms with Gasteiger partial charge in [-0.25, -0.2) is 4.79 Å². The Balaban J connectivity index is 1.70. The van der Waals surface area contributed by atoms with Gasteiger partial charge in [-0.2, -0.15) is 0 Å². The number of hydrogen-bond donors (Lipinski definition) is 1. The van der Waals surface area contributed by atoms with Gasteiger partial charge in [-0.1, -0.05) is 29.3 Å². The minimum absolute atomic E-state index is 0.400. The van der Waals surface area contributed by atoms with Crippen molar-refractivity contribution in [1.29, 1.82) is 0 Å². The summed E-state index contributed by atoms with van der Waals surface area (Å²) < 4.78 is 7.53. The number of hydrogen-bond acceptors (Lipinski definition) is 2. The van der Waals surface area contributed by atoms with Crippen molar-refractivity contribution in [1.82, 2.24) is 9.88 Å². The average Bonchev–Trinajstić information content (AvgIpc) is 3.29. The van der Waals surface area contributed by atoms with Crippen LogP contribution in [0, 0.1) is 0 Å². The van der Waals surface area contributed by atoms with Crippen LogP contribution in [-0.2, 0) is 17.8 Å². The van der Waals surface area contributed by atoms with Crippen molar-refractivity contribution in [2.75, 3.05) is 0 Å². The number of amides is 1. The molecule has 0 aliphatic heterocycles. The molecule has 2 aromatic rings. The van der Waals surface area contributed by atoms with Gasteiger partial charge in [0.05, 0.1) is 10.0 Å². The van der Waals surface area contributed by atoms with Gasteiger partial charge in [-0.05, 0) is 68.9 Å². The van der Waals surface area contributed by atoms with Crippen LogP contribution in [0.3, 0.4) is 0 Å². The largest absolute Gasteiger partial charge is 0.444 e. The van der Waals surface area contributed by atoms with Crippen molar-refractivity contribution in [3.8, 4) is 0 Å². The SMILES string of the molecule is CC(C)(C)OC(=O)NCc1cc(C2CC2)n(Cc2ccc(Cl)c(Cl)c2)c1. The quantitative estimate of drug-likeness (QED) is 0.701. The molecule has 1 aromatic heterocycles. The highest BCUT2D eigenvalue weighted by atomic mass is 35.5. The molecule has 0 radical (unpaired) electrons. The first-order valence-electron chi connectivity index (χ1n) is 8.81. The van der Waals surface area contributed by atoms with Gasteiger partial charge < -0.3 is 14.6 Å². The monoisotopic (exact) mass is 394 g/mol. The molecule has 1 fully saturated rings. The van der Waals surface area contributed by atoms with E-state index in [0.29, 0.717) is 22.5 Å². The van der Waals surface area contributed by atoms with Crippen LogP contribution in [0.1, 0.15) is 56.4 Å². The summed E-state index contributed by atoms with van der Waals surface area (Å²) in [6, 6.07) is 7.89. The summed E-state index contributed by atoms with van der Waals surface area (Å²) in [6.07, 6.45) is 4.12. The summed E-state index contributed by atoms with van der Waals surface area (Å²) >= 11 is 12.1. The Hall–Kier alpha value is -1.65. The molecule has 1 heterocycles. The van der Waals surface area contributed by atoms with Crippen molar-refractivity contribution in [2.45, 2.75) is 58.2 Å². The standard InChI is InChI=1S/C20H24Cl2N2O2/c1-20(2,3)26-19(25)23-10-14-9-18(15-5-6-15)24(12-14)11-13-4-7-16(21)17(22)8-13/h4,7-9,12,15H,5-6,10-11H2,1-3H3,(H,23,25). The molecule has 1 saturated carbocycles. The van der Waals surface area contributed by atoms with Gasteiger partial charge in [-0.15, -0.1) is 0 Å². The molecule has 3 rings (SSSR count). The van der Waals surface area contributed by atoms with E-state index >= 15 is 0 Å². The zero-order valence-electron chi connectivity index (χ0n) is 15.3. The zero-order valence-corrected chi connectivity index (χ0v) is 16.8. The second-order valence-electron chi connectivity index (χ2n) is 7.78. The van der Waals surface area contributed by atoms with Crippen molar-refractivity contribution >= 4 is 29.3 Å². The molecule has 0 spiro atoms. The fourth-order valence-electron chi connectivity index (χ4n) is 2.87. The molecule has 26 heavy (non-hydrogen) atoms. The third-order valence-electron chi connectivity index (χ3n) is 4.15. The number of carbonyl (C=O) groups is 1. The highest BCUT2D eigenvalue weighted by molar-refractivity contribution is 6.42. The van der Waals surface area contributed by atoms with Crippen LogP contribution in [0.2, 0.25) is 10.0 Å². The number of carbonyl (C=O) groups excluding carboxylic acids is 1. The summed E-state index contributed by atoms with van der Waals surface area (Å²) in [5, 5.41) is 3.95. The van der Waals surface area contributed by atoms with Gasteiger partial charge in [0.25, 0.3) is 0 Å². The van der Waals surface area contributed by atoms with E-state index in [1.54, 1.807) is 0 Å². The van der Waals surface area contributed by atoms with Gasteiger partial charge in [0.1, 0.15) is 5.60 Å². The lowest BCUT2D eigenvalue weighted by Gasteiger charge is -2.19. The Kier molecular flexibility index (Phi) is 5.54. The molecule has 1 amide bonds. The molecule has 4 nitrogen and oxygen atoms in total. The van der Waals surface area contributed by atoms with Crippen molar-refractivity contribution in [3.63, 3.8) is 0 Å². The number of nitrogens with one attached hydrogen (secondary N) is 1. The number of aromatic nitrogens is 1. The van der Waals surface area contributed by atoms with Crippen LogP contribution < -0.4 is 5.32 Å². The van der Waals surface area contributed by atoms with Crippen LogP contribution in [0.25, 0.3) is 0 Å². The third-order valence-corrected chi connectivity index (χ3v) is 4.89. The minimum atomic E-state index is -0.497. The second kappa shape index (κ2) is 7.53. The second-order valence-corrected chi connectivity index (χ2v) is 8.59. The van der Waals surface area contributed by atoms with Crippen molar-refractivity contribution in [3.05, 3.63) is 57.3 Å². The maximum Gasteiger partial charge on any atom is 0.407 e. The lowest BCUT2D eigenvalue weighted by atomic mass is 10.2. The first-order chi connectivity index (χ1) is 12.2. The van der Waals surface area contributed by atoms with Gasteiger partial charge in [0.15, 0.2) is 0 Å². The first-order valence-corrected chi connectivity index (χ1v) is 9.56. The van der Waals surface area contributed by atoms with Crippen LogP contribution in [0.5, 0.6) is 0 Å². The van der Waals surface area contributed by atoms with E-state index in [2.05, 4.69) is 22.1 Å². The minimum Gasteiger partial charge on any atom is -0.444 e. The summed E-state index contributed by atoms with van der Waals surface area (Å²) in [6.45, 7) is 6.74. The predicted molar refractivity (Wildman–Crippen MR) is 105 cm³/mol. The Morgan fingerprint density at radius 2 is 1.92 bits per heavy atom. The van der Waals surface area contributed by atoms with E-state index in [9.17, 15) is 4.79 Å². The topological polar surface area (TPSA) is 43.3 Å². The Morgan fingerprint density at radius 3 is 2.54 bits per heavy atom. The summed E-state index contributed by atoms with van der Waals surface area (Å²) in [4.78, 5) is 11.9. The van der Waals surface area contributed by atoms with Crippen molar-refractivity contribution in [2.24, 2.45) is 0 Å². The first kappa shape index (κ1) is 19.1. The average molecular weight is 395 g/mol. The molecule has 1 aromatic carbocycles. The molecule has 140 valence electrons. The number of rotatable bonds is 5.